The van der Waals surface area contributed by atoms with Gasteiger partial charge in [0.1, 0.15) is 0 Å². The lowest BCUT2D eigenvalue weighted by atomic mass is 10.2. The zero-order valence-electron chi connectivity index (χ0n) is 13.2. The summed E-state index contributed by atoms with van der Waals surface area (Å²) >= 11 is 7.28. The molecule has 0 amide bonds. The highest BCUT2D eigenvalue weighted by Gasteiger charge is 2.19. The summed E-state index contributed by atoms with van der Waals surface area (Å²) in [6, 6.07) is 6.73. The summed E-state index contributed by atoms with van der Waals surface area (Å²) in [5.74, 6) is 1.14. The van der Waals surface area contributed by atoms with Crippen LogP contribution in [0, 0.1) is 10.1 Å². The van der Waals surface area contributed by atoms with E-state index < -0.39 is 0 Å². The molecule has 1 heterocycles. The second-order valence-electron chi connectivity index (χ2n) is 5.33. The number of anilines is 1. The molecule has 1 fully saturated rings. The average Bonchev–Trinajstić information content (AvgIpc) is 2.59. The second-order valence-corrected chi connectivity index (χ2v) is 6.70. The quantitative estimate of drug-likeness (QED) is 0.364. The highest BCUT2D eigenvalue weighted by atomic mass is 32.2. The number of benzene rings is 1. The molecule has 1 N–H and O–H groups in total. The number of rotatable bonds is 6. The van der Waals surface area contributed by atoms with Crippen LogP contribution >= 0.6 is 24.0 Å². The van der Waals surface area contributed by atoms with Crippen molar-refractivity contribution < 1.29 is 4.92 Å². The molecule has 2 rings (SSSR count). The third-order valence-electron chi connectivity index (χ3n) is 3.79. The molecule has 1 aliphatic rings. The molecule has 1 aliphatic heterocycles. The van der Waals surface area contributed by atoms with E-state index in [0.29, 0.717) is 0 Å². The molecule has 0 spiro atoms. The summed E-state index contributed by atoms with van der Waals surface area (Å²) in [6.07, 6.45) is 3.22. The number of piperazine rings is 1. The molecule has 23 heavy (non-hydrogen) atoms. The number of thiocarbonyl (C=S) groups is 1. The number of nitro benzene ring substituents is 1. The number of hydrogen-bond donors (Lipinski definition) is 1. The molecule has 1 saturated heterocycles. The van der Waals surface area contributed by atoms with E-state index in [4.69, 9.17) is 12.2 Å². The first-order chi connectivity index (χ1) is 11.1. The van der Waals surface area contributed by atoms with E-state index in [1.165, 1.54) is 0 Å². The van der Waals surface area contributed by atoms with Gasteiger partial charge in [-0.05, 0) is 42.8 Å². The number of hydrogen-bond acceptors (Lipinski definition) is 5. The van der Waals surface area contributed by atoms with E-state index in [-0.39, 0.29) is 10.6 Å². The molecule has 126 valence electrons. The van der Waals surface area contributed by atoms with Gasteiger partial charge in [-0.25, -0.2) is 0 Å². The molecule has 0 saturated carbocycles. The molecule has 6 nitrogen and oxygen atoms in total. The van der Waals surface area contributed by atoms with Crippen molar-refractivity contribution in [2.45, 2.75) is 6.42 Å². The van der Waals surface area contributed by atoms with Gasteiger partial charge in [0.15, 0.2) is 5.11 Å². The highest BCUT2D eigenvalue weighted by molar-refractivity contribution is 7.98. The fraction of sp³-hybridized carbons (Fsp3) is 0.533. The van der Waals surface area contributed by atoms with Crippen molar-refractivity contribution in [1.29, 1.82) is 0 Å². The van der Waals surface area contributed by atoms with Gasteiger partial charge in [-0.3, -0.25) is 10.1 Å². The van der Waals surface area contributed by atoms with E-state index >= 15 is 0 Å². The van der Waals surface area contributed by atoms with Crippen LogP contribution in [0.1, 0.15) is 6.42 Å². The Bertz CT molecular complexity index is 531. The maximum Gasteiger partial charge on any atom is 0.269 e. The number of nitro groups is 1. The lowest BCUT2D eigenvalue weighted by Gasteiger charge is -2.37. The number of non-ortho nitro benzene ring substituents is 1. The van der Waals surface area contributed by atoms with Gasteiger partial charge in [0.2, 0.25) is 0 Å². The van der Waals surface area contributed by atoms with Crippen LogP contribution in [0.25, 0.3) is 0 Å². The standard InChI is InChI=1S/C15H22N4O2S2/c1-23-12-2-7-16-15(22)18-10-8-17(9-11-18)13-3-5-14(6-4-13)19(20)21/h3-6H,2,7-12H2,1H3,(H,16,22). The number of nitrogens with one attached hydrogen (secondary N) is 1. The smallest absolute Gasteiger partial charge is 0.269 e. The lowest BCUT2D eigenvalue weighted by molar-refractivity contribution is -0.384. The van der Waals surface area contributed by atoms with Gasteiger partial charge < -0.3 is 15.1 Å². The minimum atomic E-state index is -0.372. The summed E-state index contributed by atoms with van der Waals surface area (Å²) in [7, 11) is 0. The Morgan fingerprint density at radius 2 is 1.96 bits per heavy atom. The normalized spacial score (nSPS) is 14.7. The maximum atomic E-state index is 10.7. The van der Waals surface area contributed by atoms with Gasteiger partial charge >= 0.3 is 0 Å². The van der Waals surface area contributed by atoms with Crippen LogP contribution < -0.4 is 10.2 Å². The van der Waals surface area contributed by atoms with E-state index in [0.717, 1.165) is 55.7 Å². The summed E-state index contributed by atoms with van der Waals surface area (Å²) in [5.41, 5.74) is 1.15. The van der Waals surface area contributed by atoms with Crippen molar-refractivity contribution in [3.8, 4) is 0 Å². The average molecular weight is 355 g/mol. The molecule has 0 bridgehead atoms. The second kappa shape index (κ2) is 8.93. The predicted molar refractivity (Wildman–Crippen MR) is 100 cm³/mol. The van der Waals surface area contributed by atoms with Crippen LogP contribution in [0.2, 0.25) is 0 Å². The summed E-state index contributed by atoms with van der Waals surface area (Å²) in [5, 5.41) is 14.8. The molecule has 8 heteroatoms. The van der Waals surface area contributed by atoms with Gasteiger partial charge in [0.25, 0.3) is 5.69 Å². The maximum absolute atomic E-state index is 10.7. The van der Waals surface area contributed by atoms with Gasteiger partial charge in [-0.1, -0.05) is 0 Å². The summed E-state index contributed by atoms with van der Waals surface area (Å²) in [6.45, 7) is 4.38. The molecule has 0 radical (unpaired) electrons. The van der Waals surface area contributed by atoms with Crippen molar-refractivity contribution in [2.75, 3.05) is 49.6 Å². The number of nitrogens with zero attached hydrogens (tertiary/aromatic N) is 3. The Morgan fingerprint density at radius 3 is 2.52 bits per heavy atom. The first kappa shape index (κ1) is 17.8. The van der Waals surface area contributed by atoms with Crippen LogP contribution in [0.15, 0.2) is 24.3 Å². The first-order valence-corrected chi connectivity index (χ1v) is 9.43. The van der Waals surface area contributed by atoms with Gasteiger partial charge in [-0.2, -0.15) is 11.8 Å². The van der Waals surface area contributed by atoms with Gasteiger partial charge in [-0.15, -0.1) is 0 Å². The first-order valence-electron chi connectivity index (χ1n) is 7.63. The molecular formula is C15H22N4O2S2. The van der Waals surface area contributed by atoms with Crippen LogP contribution in [0.3, 0.4) is 0 Å². The van der Waals surface area contributed by atoms with E-state index in [2.05, 4.69) is 21.4 Å². The molecule has 0 aromatic heterocycles. The lowest BCUT2D eigenvalue weighted by Crippen LogP contribution is -2.51. The Morgan fingerprint density at radius 1 is 1.30 bits per heavy atom. The van der Waals surface area contributed by atoms with Crippen LogP contribution in [-0.4, -0.2) is 59.7 Å². The van der Waals surface area contributed by atoms with Crippen molar-refractivity contribution >= 4 is 40.5 Å². The topological polar surface area (TPSA) is 61.6 Å². The minimum absolute atomic E-state index is 0.128. The monoisotopic (exact) mass is 354 g/mol. The summed E-state index contributed by atoms with van der Waals surface area (Å²) < 4.78 is 0. The fourth-order valence-corrected chi connectivity index (χ4v) is 3.19. The molecule has 1 aromatic rings. The van der Waals surface area contributed by atoms with Crippen molar-refractivity contribution in [3.05, 3.63) is 34.4 Å². The molecular weight excluding hydrogens is 332 g/mol. The summed E-state index contributed by atoms with van der Waals surface area (Å²) in [4.78, 5) is 14.7. The van der Waals surface area contributed by atoms with Crippen molar-refractivity contribution in [1.82, 2.24) is 10.2 Å². The highest BCUT2D eigenvalue weighted by Crippen LogP contribution is 2.20. The van der Waals surface area contributed by atoms with E-state index in [9.17, 15) is 10.1 Å². The fourth-order valence-electron chi connectivity index (χ4n) is 2.48. The Labute approximate surface area is 146 Å². The molecule has 0 unspecified atom stereocenters. The van der Waals surface area contributed by atoms with E-state index in [1.54, 1.807) is 12.1 Å². The Balaban J connectivity index is 1.79. The molecule has 1 aromatic carbocycles. The van der Waals surface area contributed by atoms with Crippen molar-refractivity contribution in [3.63, 3.8) is 0 Å². The largest absolute Gasteiger partial charge is 0.368 e. The minimum Gasteiger partial charge on any atom is -0.368 e. The van der Waals surface area contributed by atoms with Gasteiger partial charge in [0.05, 0.1) is 4.92 Å². The van der Waals surface area contributed by atoms with Crippen LogP contribution in [-0.2, 0) is 0 Å². The van der Waals surface area contributed by atoms with Crippen LogP contribution in [0.5, 0.6) is 0 Å². The zero-order valence-corrected chi connectivity index (χ0v) is 14.9. The van der Waals surface area contributed by atoms with Gasteiger partial charge in [0, 0.05) is 50.5 Å². The van der Waals surface area contributed by atoms with Crippen LogP contribution in [0.4, 0.5) is 11.4 Å². The SMILES string of the molecule is CSCCCNC(=S)N1CCN(c2ccc([N+](=O)[O-])cc2)CC1. The third kappa shape index (κ3) is 5.24. The Hall–Kier alpha value is -1.54. The third-order valence-corrected chi connectivity index (χ3v) is 4.89. The number of thioether (sulfide) groups is 1. The Kier molecular flexibility index (Phi) is 6.91. The molecule has 0 atom stereocenters. The zero-order chi connectivity index (χ0) is 16.7. The van der Waals surface area contributed by atoms with E-state index in [1.807, 2.05) is 23.9 Å². The predicted octanol–water partition coefficient (Wildman–Crippen LogP) is 2.34. The van der Waals surface area contributed by atoms with Crippen molar-refractivity contribution in [2.24, 2.45) is 0 Å². The molecule has 0 aliphatic carbocycles.